The van der Waals surface area contributed by atoms with E-state index in [9.17, 15) is 4.79 Å². The molecule has 0 saturated heterocycles. The molecule has 0 heterocycles. The molecule has 100 valence electrons. The lowest BCUT2D eigenvalue weighted by atomic mass is 9.79. The van der Waals surface area contributed by atoms with Crippen molar-refractivity contribution in [3.63, 3.8) is 0 Å². The molecule has 17 heavy (non-hydrogen) atoms. The molecule has 0 amide bonds. The highest BCUT2D eigenvalue weighted by Gasteiger charge is 2.30. The molecule has 0 radical (unpaired) electrons. The molecule has 0 aliphatic carbocycles. The maximum absolute atomic E-state index is 11.4. The van der Waals surface area contributed by atoms with Gasteiger partial charge in [0.1, 0.15) is 6.10 Å². The average molecular weight is 240 g/mol. The molecule has 0 aliphatic rings. The van der Waals surface area contributed by atoms with Gasteiger partial charge >= 0.3 is 5.97 Å². The molecule has 2 atom stereocenters. The topological polar surface area (TPSA) is 26.3 Å². The Morgan fingerprint density at radius 2 is 1.65 bits per heavy atom. The Morgan fingerprint density at radius 3 is 1.94 bits per heavy atom. The Hall–Kier alpha value is -0.790. The summed E-state index contributed by atoms with van der Waals surface area (Å²) < 4.78 is 5.53. The van der Waals surface area contributed by atoms with Gasteiger partial charge in [-0.05, 0) is 30.1 Å². The fourth-order valence-corrected chi connectivity index (χ4v) is 2.23. The minimum Gasteiger partial charge on any atom is -0.459 e. The van der Waals surface area contributed by atoms with Gasteiger partial charge in [0, 0.05) is 6.08 Å². The molecule has 2 heteroatoms. The van der Waals surface area contributed by atoms with E-state index in [1.165, 1.54) is 6.08 Å². The molecule has 0 rings (SSSR count). The number of ether oxygens (including phenoxy) is 1. The second kappa shape index (κ2) is 7.52. The van der Waals surface area contributed by atoms with Gasteiger partial charge in [0.15, 0.2) is 0 Å². The van der Waals surface area contributed by atoms with Crippen LogP contribution in [0.2, 0.25) is 0 Å². The zero-order chi connectivity index (χ0) is 13.6. The highest BCUT2D eigenvalue weighted by molar-refractivity contribution is 5.81. The van der Waals surface area contributed by atoms with E-state index in [1.807, 2.05) is 0 Å². The van der Waals surface area contributed by atoms with E-state index in [0.29, 0.717) is 23.7 Å². The molecule has 2 unspecified atom stereocenters. The Morgan fingerprint density at radius 1 is 1.12 bits per heavy atom. The summed E-state index contributed by atoms with van der Waals surface area (Å²) in [7, 11) is 0. The van der Waals surface area contributed by atoms with Crippen LogP contribution in [-0.2, 0) is 9.53 Å². The van der Waals surface area contributed by atoms with Crippen LogP contribution in [0.1, 0.15) is 48.0 Å². The van der Waals surface area contributed by atoms with Gasteiger partial charge in [0.2, 0.25) is 0 Å². The number of esters is 1. The largest absolute Gasteiger partial charge is 0.459 e. The first-order chi connectivity index (χ1) is 7.79. The molecule has 0 aromatic heterocycles. The van der Waals surface area contributed by atoms with Gasteiger partial charge in [-0.25, -0.2) is 4.79 Å². The highest BCUT2D eigenvalue weighted by Crippen LogP contribution is 2.30. The minimum atomic E-state index is -0.307. The van der Waals surface area contributed by atoms with Crippen LogP contribution in [0.4, 0.5) is 0 Å². The van der Waals surface area contributed by atoms with Crippen molar-refractivity contribution in [2.45, 2.75) is 54.1 Å². The third-order valence-corrected chi connectivity index (χ3v) is 3.10. The molecule has 0 spiro atoms. The summed E-state index contributed by atoms with van der Waals surface area (Å²) in [6.07, 6.45) is 2.33. The average Bonchev–Trinajstić information content (AvgIpc) is 2.21. The lowest BCUT2D eigenvalue weighted by molar-refractivity contribution is -0.150. The third-order valence-electron chi connectivity index (χ3n) is 3.10. The lowest BCUT2D eigenvalue weighted by Gasteiger charge is -2.33. The summed E-state index contributed by atoms with van der Waals surface area (Å²) >= 11 is 0. The Kier molecular flexibility index (Phi) is 7.17. The normalized spacial score (nSPS) is 15.1. The Balaban J connectivity index is 4.82. The molecular formula is C15H28O2. The van der Waals surface area contributed by atoms with Gasteiger partial charge in [-0.1, -0.05) is 48.1 Å². The molecule has 0 N–H and O–H groups in total. The maximum Gasteiger partial charge on any atom is 0.330 e. The van der Waals surface area contributed by atoms with Crippen molar-refractivity contribution in [2.75, 3.05) is 0 Å². The van der Waals surface area contributed by atoms with Crippen LogP contribution in [0.15, 0.2) is 12.7 Å². The first kappa shape index (κ1) is 16.2. The van der Waals surface area contributed by atoms with Crippen molar-refractivity contribution in [3.8, 4) is 0 Å². The predicted octanol–water partition coefficient (Wildman–Crippen LogP) is 4.06. The van der Waals surface area contributed by atoms with Gasteiger partial charge in [-0.15, -0.1) is 0 Å². The molecule has 0 bridgehead atoms. The van der Waals surface area contributed by atoms with Gasteiger partial charge < -0.3 is 4.74 Å². The quantitative estimate of drug-likeness (QED) is 0.495. The highest BCUT2D eigenvalue weighted by atomic mass is 16.5. The van der Waals surface area contributed by atoms with E-state index < -0.39 is 0 Å². The maximum atomic E-state index is 11.4. The second-order valence-corrected chi connectivity index (χ2v) is 5.89. The summed E-state index contributed by atoms with van der Waals surface area (Å²) in [6, 6.07) is 0. The van der Waals surface area contributed by atoms with E-state index in [-0.39, 0.29) is 12.1 Å². The molecule has 0 saturated carbocycles. The molecule has 0 fully saturated rings. The van der Waals surface area contributed by atoms with Crippen LogP contribution in [-0.4, -0.2) is 12.1 Å². The molecule has 0 aliphatic heterocycles. The van der Waals surface area contributed by atoms with Crippen molar-refractivity contribution in [3.05, 3.63) is 12.7 Å². The minimum absolute atomic E-state index is 0.0112. The van der Waals surface area contributed by atoms with Crippen LogP contribution < -0.4 is 0 Å². The first-order valence-electron chi connectivity index (χ1n) is 6.62. The number of hydrogen-bond donors (Lipinski definition) is 0. The van der Waals surface area contributed by atoms with Gasteiger partial charge in [0.25, 0.3) is 0 Å². The summed E-state index contributed by atoms with van der Waals surface area (Å²) in [5, 5.41) is 0. The zero-order valence-corrected chi connectivity index (χ0v) is 12.2. The van der Waals surface area contributed by atoms with Crippen LogP contribution in [0.5, 0.6) is 0 Å². The van der Waals surface area contributed by atoms with Crippen molar-refractivity contribution in [1.29, 1.82) is 0 Å². The molecular weight excluding hydrogens is 212 g/mol. The summed E-state index contributed by atoms with van der Waals surface area (Å²) in [4.78, 5) is 11.4. The fourth-order valence-electron chi connectivity index (χ4n) is 2.23. The summed E-state index contributed by atoms with van der Waals surface area (Å²) in [5.41, 5.74) is 0. The number of hydrogen-bond acceptors (Lipinski definition) is 2. The first-order valence-corrected chi connectivity index (χ1v) is 6.62. The van der Waals surface area contributed by atoms with E-state index >= 15 is 0 Å². The lowest BCUT2D eigenvalue weighted by Crippen LogP contribution is -2.35. The molecule has 0 aromatic carbocycles. The molecule has 0 aromatic rings. The fraction of sp³-hybridized carbons (Fsp3) is 0.800. The van der Waals surface area contributed by atoms with E-state index in [0.717, 1.165) is 6.42 Å². The van der Waals surface area contributed by atoms with Crippen LogP contribution in [0.3, 0.4) is 0 Å². The van der Waals surface area contributed by atoms with Crippen molar-refractivity contribution in [2.24, 2.45) is 23.7 Å². The summed E-state index contributed by atoms with van der Waals surface area (Å²) in [6.45, 7) is 16.5. The second-order valence-electron chi connectivity index (χ2n) is 5.89. The number of carbonyl (C=O) groups excluding carboxylic acids is 1. The zero-order valence-electron chi connectivity index (χ0n) is 12.2. The van der Waals surface area contributed by atoms with E-state index in [4.69, 9.17) is 4.74 Å². The summed E-state index contributed by atoms with van der Waals surface area (Å²) in [5.74, 6) is 1.58. The molecule has 2 nitrogen and oxygen atoms in total. The van der Waals surface area contributed by atoms with Crippen molar-refractivity contribution in [1.82, 2.24) is 0 Å². The monoisotopic (exact) mass is 240 g/mol. The predicted molar refractivity (Wildman–Crippen MR) is 72.7 cm³/mol. The Bertz CT molecular complexity index is 241. The number of carbonyl (C=O) groups is 1. The Labute approximate surface area is 106 Å². The van der Waals surface area contributed by atoms with Crippen LogP contribution in [0, 0.1) is 23.7 Å². The number of rotatable bonds is 7. The van der Waals surface area contributed by atoms with Crippen LogP contribution >= 0.6 is 0 Å². The standard InChI is InChI=1S/C15H28O2/c1-8-14(16)17-15(12(6)7)13(11(4)5)9-10(2)3/h8,10-13,15H,1,9H2,2-7H3. The van der Waals surface area contributed by atoms with Crippen molar-refractivity contribution >= 4 is 5.97 Å². The van der Waals surface area contributed by atoms with Gasteiger partial charge in [-0.3, -0.25) is 0 Å². The third kappa shape index (κ3) is 5.90. The van der Waals surface area contributed by atoms with E-state index in [1.54, 1.807) is 0 Å². The smallest absolute Gasteiger partial charge is 0.330 e. The van der Waals surface area contributed by atoms with E-state index in [2.05, 4.69) is 48.1 Å². The van der Waals surface area contributed by atoms with Gasteiger partial charge in [0.05, 0.1) is 0 Å². The SMILES string of the molecule is C=CC(=O)OC(C(C)C)C(CC(C)C)C(C)C. The van der Waals surface area contributed by atoms with Gasteiger partial charge in [-0.2, -0.15) is 0 Å². The van der Waals surface area contributed by atoms with Crippen molar-refractivity contribution < 1.29 is 9.53 Å². The van der Waals surface area contributed by atoms with Crippen LogP contribution in [0.25, 0.3) is 0 Å².